The number of aromatic nitrogens is 1. The van der Waals surface area contributed by atoms with Crippen molar-refractivity contribution in [3.05, 3.63) is 46.4 Å². The zero-order valence-corrected chi connectivity index (χ0v) is 18.5. The Kier molecular flexibility index (Phi) is 6.86. The molecule has 3 rings (SSSR count). The van der Waals surface area contributed by atoms with E-state index in [9.17, 15) is 26.4 Å². The lowest BCUT2D eigenvalue weighted by molar-refractivity contribution is -0.0102. The van der Waals surface area contributed by atoms with Gasteiger partial charge in [0.25, 0.3) is 16.1 Å². The summed E-state index contributed by atoms with van der Waals surface area (Å²) in [6.45, 7) is 1.91. The van der Waals surface area contributed by atoms with E-state index < -0.39 is 33.5 Å². The fraction of sp³-hybridized carbons (Fsp3) is 0.368. The molecule has 4 N–H and O–H groups in total. The van der Waals surface area contributed by atoms with Crippen LogP contribution in [0.1, 0.15) is 35.3 Å². The highest BCUT2D eigenvalue weighted by molar-refractivity contribution is 7.90. The quantitative estimate of drug-likeness (QED) is 0.590. The van der Waals surface area contributed by atoms with Crippen molar-refractivity contribution in [3.63, 3.8) is 0 Å². The number of hydrogen-bond acceptors (Lipinski definition) is 5. The molecular formula is C19H21ClF3N5O3S. The Labute approximate surface area is 188 Å². The van der Waals surface area contributed by atoms with E-state index in [0.717, 1.165) is 12.1 Å². The van der Waals surface area contributed by atoms with E-state index in [2.05, 4.69) is 10.3 Å². The van der Waals surface area contributed by atoms with Gasteiger partial charge in [0.1, 0.15) is 11.6 Å². The second-order valence-corrected chi connectivity index (χ2v) is 9.12. The maximum Gasteiger partial charge on any atom is 0.296 e. The first-order valence-corrected chi connectivity index (χ1v) is 11.5. The average molecular weight is 492 g/mol. The Morgan fingerprint density at radius 2 is 1.97 bits per heavy atom. The number of alkyl halides is 2. The molecule has 13 heteroatoms. The topological polar surface area (TPSA) is 117 Å². The number of benzene rings is 1. The van der Waals surface area contributed by atoms with E-state index in [-0.39, 0.29) is 54.4 Å². The standard InChI is InChI=1S/C19H21ClF3N5O3S/c1-11-14(20)10-13(17(25-11)28-7-2-5-19(22,23)6-8-28)18(29)26-12-3-4-15(21)16(9-12)27-32(24,30)31/h3-4,9-10,27H,2,5-8H2,1H3,(H,26,29)(H2,24,30,31). The number of nitrogens with one attached hydrogen (secondary N) is 2. The molecule has 0 unspecified atom stereocenters. The lowest BCUT2D eigenvalue weighted by Crippen LogP contribution is -2.29. The Morgan fingerprint density at radius 3 is 2.66 bits per heavy atom. The Morgan fingerprint density at radius 1 is 1.25 bits per heavy atom. The van der Waals surface area contributed by atoms with Gasteiger partial charge in [-0.15, -0.1) is 0 Å². The second kappa shape index (κ2) is 9.12. The number of carbonyl (C=O) groups is 1. The third-order valence-corrected chi connectivity index (χ3v) is 5.76. The molecule has 0 aliphatic carbocycles. The van der Waals surface area contributed by atoms with E-state index in [4.69, 9.17) is 16.7 Å². The summed E-state index contributed by atoms with van der Waals surface area (Å²) in [4.78, 5) is 19.0. The molecule has 2 heterocycles. The fourth-order valence-electron chi connectivity index (χ4n) is 3.28. The van der Waals surface area contributed by atoms with Crippen molar-refractivity contribution in [2.45, 2.75) is 32.1 Å². The predicted octanol–water partition coefficient (Wildman–Crippen LogP) is 3.68. The van der Waals surface area contributed by atoms with Crippen molar-refractivity contribution in [2.24, 2.45) is 5.14 Å². The lowest BCUT2D eigenvalue weighted by atomic mass is 10.1. The highest BCUT2D eigenvalue weighted by Crippen LogP contribution is 2.32. The number of carbonyl (C=O) groups excluding carboxylic acids is 1. The van der Waals surface area contributed by atoms with Gasteiger partial charge < -0.3 is 10.2 Å². The van der Waals surface area contributed by atoms with Crippen LogP contribution in [-0.2, 0) is 10.2 Å². The molecule has 0 spiro atoms. The van der Waals surface area contributed by atoms with Crippen LogP contribution in [0.2, 0.25) is 5.02 Å². The largest absolute Gasteiger partial charge is 0.356 e. The minimum absolute atomic E-state index is 0.000326. The van der Waals surface area contributed by atoms with Gasteiger partial charge in [0.2, 0.25) is 5.92 Å². The number of halogens is 4. The summed E-state index contributed by atoms with van der Waals surface area (Å²) in [5.74, 6) is -4.17. The van der Waals surface area contributed by atoms with Crippen LogP contribution < -0.4 is 20.1 Å². The summed E-state index contributed by atoms with van der Waals surface area (Å²) < 4.78 is 65.7. The third kappa shape index (κ3) is 6.02. The highest BCUT2D eigenvalue weighted by atomic mass is 35.5. The monoisotopic (exact) mass is 491 g/mol. The number of hydrogen-bond donors (Lipinski definition) is 3. The van der Waals surface area contributed by atoms with E-state index in [0.29, 0.717) is 5.69 Å². The van der Waals surface area contributed by atoms with E-state index >= 15 is 0 Å². The van der Waals surface area contributed by atoms with Crippen molar-refractivity contribution >= 4 is 44.9 Å². The number of anilines is 3. The van der Waals surface area contributed by atoms with Gasteiger partial charge in [-0.1, -0.05) is 11.6 Å². The van der Waals surface area contributed by atoms with Crippen molar-refractivity contribution in [2.75, 3.05) is 28.0 Å². The molecule has 1 aromatic heterocycles. The van der Waals surface area contributed by atoms with Gasteiger partial charge >= 0.3 is 0 Å². The number of amides is 1. The average Bonchev–Trinajstić information content (AvgIpc) is 2.85. The van der Waals surface area contributed by atoms with Gasteiger partial charge in [-0.3, -0.25) is 9.52 Å². The van der Waals surface area contributed by atoms with E-state index in [1.54, 1.807) is 11.8 Å². The minimum atomic E-state index is -4.24. The van der Waals surface area contributed by atoms with Crippen molar-refractivity contribution < 1.29 is 26.4 Å². The Bertz CT molecular complexity index is 1150. The molecule has 8 nitrogen and oxygen atoms in total. The van der Waals surface area contributed by atoms with Crippen LogP contribution in [-0.4, -0.2) is 38.3 Å². The highest BCUT2D eigenvalue weighted by Gasteiger charge is 2.33. The molecule has 32 heavy (non-hydrogen) atoms. The molecular weight excluding hydrogens is 471 g/mol. The van der Waals surface area contributed by atoms with E-state index in [1.807, 2.05) is 4.72 Å². The number of nitrogens with zero attached hydrogens (tertiary/aromatic N) is 2. The summed E-state index contributed by atoms with van der Waals surface area (Å²) >= 11 is 6.15. The van der Waals surface area contributed by atoms with Gasteiger partial charge in [-0.2, -0.15) is 8.42 Å². The molecule has 0 saturated carbocycles. The molecule has 174 valence electrons. The molecule has 1 aliphatic rings. The van der Waals surface area contributed by atoms with Crippen LogP contribution in [0, 0.1) is 12.7 Å². The molecule has 1 amide bonds. The Balaban J connectivity index is 1.92. The maximum absolute atomic E-state index is 13.9. The van der Waals surface area contributed by atoms with Gasteiger partial charge in [0.05, 0.1) is 22.0 Å². The molecule has 2 aromatic rings. The second-order valence-electron chi connectivity index (χ2n) is 7.42. The smallest absolute Gasteiger partial charge is 0.296 e. The summed E-state index contributed by atoms with van der Waals surface area (Å²) in [5, 5.41) is 7.59. The summed E-state index contributed by atoms with van der Waals surface area (Å²) in [6.07, 6.45) is -0.414. The molecule has 0 radical (unpaired) electrons. The van der Waals surface area contributed by atoms with Gasteiger partial charge in [0.15, 0.2) is 0 Å². The fourth-order valence-corrected chi connectivity index (χ4v) is 3.90. The van der Waals surface area contributed by atoms with Gasteiger partial charge in [0, 0.05) is 31.6 Å². The van der Waals surface area contributed by atoms with Gasteiger partial charge in [-0.05, 0) is 37.6 Å². The van der Waals surface area contributed by atoms with Crippen molar-refractivity contribution in [1.29, 1.82) is 0 Å². The SMILES string of the molecule is Cc1nc(N2CCCC(F)(F)CC2)c(C(=O)Nc2ccc(F)c(NS(N)(=O)=O)c2)cc1Cl. The maximum atomic E-state index is 13.9. The van der Waals surface area contributed by atoms with Crippen LogP contribution in [0.3, 0.4) is 0 Å². The predicted molar refractivity (Wildman–Crippen MR) is 116 cm³/mol. The number of aryl methyl sites for hydroxylation is 1. The van der Waals surface area contributed by atoms with E-state index in [1.165, 1.54) is 12.1 Å². The molecule has 1 aromatic carbocycles. The summed E-state index contributed by atoms with van der Waals surface area (Å²) in [5.41, 5.74) is 0.0691. The Hall–Kier alpha value is -2.57. The molecule has 0 bridgehead atoms. The molecule has 1 aliphatic heterocycles. The zero-order valence-electron chi connectivity index (χ0n) is 17.0. The van der Waals surface area contributed by atoms with Crippen molar-refractivity contribution in [1.82, 2.24) is 4.98 Å². The van der Waals surface area contributed by atoms with Crippen LogP contribution in [0.4, 0.5) is 30.4 Å². The van der Waals surface area contributed by atoms with Crippen LogP contribution in [0.5, 0.6) is 0 Å². The normalized spacial score (nSPS) is 16.4. The van der Waals surface area contributed by atoms with Crippen LogP contribution in [0.25, 0.3) is 0 Å². The first kappa shape index (κ1) is 24.1. The van der Waals surface area contributed by atoms with Crippen LogP contribution in [0.15, 0.2) is 24.3 Å². The first-order valence-electron chi connectivity index (χ1n) is 9.56. The zero-order chi connectivity index (χ0) is 23.7. The summed E-state index contributed by atoms with van der Waals surface area (Å²) in [7, 11) is -4.24. The summed E-state index contributed by atoms with van der Waals surface area (Å²) in [6, 6.07) is 4.59. The molecule has 1 saturated heterocycles. The molecule has 0 atom stereocenters. The number of pyridine rings is 1. The lowest BCUT2D eigenvalue weighted by Gasteiger charge is -2.24. The number of rotatable bonds is 5. The minimum Gasteiger partial charge on any atom is -0.356 e. The van der Waals surface area contributed by atoms with Gasteiger partial charge in [-0.25, -0.2) is 23.3 Å². The molecule has 1 fully saturated rings. The first-order chi connectivity index (χ1) is 14.8. The number of nitrogens with two attached hydrogens (primary N) is 1. The van der Waals surface area contributed by atoms with Crippen LogP contribution >= 0.6 is 11.6 Å². The third-order valence-electron chi connectivity index (χ3n) is 4.87. The van der Waals surface area contributed by atoms with Crippen molar-refractivity contribution in [3.8, 4) is 0 Å².